The molecule has 0 spiro atoms. The van der Waals surface area contributed by atoms with Gasteiger partial charge in [-0.1, -0.05) is 24.3 Å². The minimum absolute atomic E-state index is 0.0977. The Bertz CT molecular complexity index is 882. The zero-order valence-corrected chi connectivity index (χ0v) is 16.2. The summed E-state index contributed by atoms with van der Waals surface area (Å²) in [7, 11) is 0. The van der Waals surface area contributed by atoms with Crippen molar-refractivity contribution in [1.82, 2.24) is 15.5 Å². The molecule has 1 aliphatic rings. The van der Waals surface area contributed by atoms with Gasteiger partial charge in [0.25, 0.3) is 0 Å². The van der Waals surface area contributed by atoms with Gasteiger partial charge in [0.15, 0.2) is 0 Å². The molecule has 1 aromatic carbocycles. The van der Waals surface area contributed by atoms with Crippen LogP contribution in [0.2, 0.25) is 0 Å². The number of carbonyl (C=O) groups is 2. The maximum Gasteiger partial charge on any atom is 0.408 e. The molecule has 148 valence electrons. The van der Waals surface area contributed by atoms with E-state index in [-0.39, 0.29) is 17.7 Å². The first-order valence-electron chi connectivity index (χ1n) is 9.19. The maximum absolute atomic E-state index is 12.2. The minimum atomic E-state index is -0.617. The van der Waals surface area contributed by atoms with E-state index in [4.69, 9.17) is 9.15 Å². The molecule has 0 radical (unpaired) electrons. The van der Waals surface area contributed by atoms with Gasteiger partial charge in [0.1, 0.15) is 11.6 Å². The van der Waals surface area contributed by atoms with E-state index < -0.39 is 17.7 Å². The van der Waals surface area contributed by atoms with Gasteiger partial charge in [-0.15, -0.1) is 10.2 Å². The summed E-state index contributed by atoms with van der Waals surface area (Å²) in [4.78, 5) is 24.4. The first-order valence-corrected chi connectivity index (χ1v) is 9.19. The number of benzene rings is 1. The largest absolute Gasteiger partial charge is 0.444 e. The second-order valence-electron chi connectivity index (χ2n) is 7.48. The molecule has 0 fully saturated rings. The van der Waals surface area contributed by atoms with E-state index in [0.29, 0.717) is 30.5 Å². The molecular formula is C20H24N4O4. The lowest BCUT2D eigenvalue weighted by Gasteiger charge is -2.21. The molecule has 1 aromatic heterocycles. The third-order valence-electron chi connectivity index (χ3n) is 3.94. The van der Waals surface area contributed by atoms with Crippen LogP contribution in [0.5, 0.6) is 0 Å². The second-order valence-corrected chi connectivity index (χ2v) is 7.48. The lowest BCUT2D eigenvalue weighted by Crippen LogP contribution is -2.35. The van der Waals surface area contributed by atoms with Crippen molar-refractivity contribution in [1.29, 1.82) is 0 Å². The van der Waals surface area contributed by atoms with Crippen molar-refractivity contribution in [2.24, 2.45) is 0 Å². The lowest BCUT2D eigenvalue weighted by atomic mass is 10.1. The van der Waals surface area contributed by atoms with Crippen LogP contribution in [0.15, 0.2) is 40.8 Å². The summed E-state index contributed by atoms with van der Waals surface area (Å²) in [6.07, 6.45) is 4.58. The van der Waals surface area contributed by atoms with Gasteiger partial charge in [-0.25, -0.2) is 4.79 Å². The predicted octanol–water partition coefficient (Wildman–Crippen LogP) is 3.98. The number of ether oxygens (including phenoxy) is 1. The maximum atomic E-state index is 12.2. The SMILES string of the molecule is CC(C)(C)OC(=O)N[C@H]1CC=CCCC(=O)Nc2ccccc2-c2nnc1o2. The van der Waals surface area contributed by atoms with Crippen molar-refractivity contribution in [3.05, 3.63) is 42.3 Å². The molecule has 2 N–H and O–H groups in total. The molecule has 0 saturated carbocycles. The van der Waals surface area contributed by atoms with Gasteiger partial charge in [-0.2, -0.15) is 0 Å². The zero-order valence-electron chi connectivity index (χ0n) is 16.2. The number of alkyl carbamates (subject to hydrolysis) is 1. The minimum Gasteiger partial charge on any atom is -0.444 e. The Kier molecular flexibility index (Phi) is 5.77. The Balaban J connectivity index is 1.91. The molecule has 0 unspecified atom stereocenters. The molecule has 2 amide bonds. The first kappa shape index (κ1) is 19.6. The van der Waals surface area contributed by atoms with Crippen molar-refractivity contribution >= 4 is 17.7 Å². The third-order valence-corrected chi connectivity index (χ3v) is 3.94. The summed E-state index contributed by atoms with van der Waals surface area (Å²) in [6, 6.07) is 6.68. The topological polar surface area (TPSA) is 106 Å². The Labute approximate surface area is 163 Å². The number of nitrogens with zero attached hydrogens (tertiary/aromatic N) is 2. The van der Waals surface area contributed by atoms with Crippen LogP contribution in [0.1, 0.15) is 52.0 Å². The first-order chi connectivity index (χ1) is 13.3. The van der Waals surface area contributed by atoms with Crippen LogP contribution in [0.4, 0.5) is 10.5 Å². The van der Waals surface area contributed by atoms with E-state index in [1.165, 1.54) is 0 Å². The molecule has 28 heavy (non-hydrogen) atoms. The Morgan fingerprint density at radius 2 is 2.04 bits per heavy atom. The molecule has 8 nitrogen and oxygen atoms in total. The van der Waals surface area contributed by atoms with E-state index in [9.17, 15) is 9.59 Å². The number of allylic oxidation sites excluding steroid dienone is 1. The number of aromatic nitrogens is 2. The zero-order chi connectivity index (χ0) is 20.1. The highest BCUT2D eigenvalue weighted by atomic mass is 16.6. The summed E-state index contributed by atoms with van der Waals surface area (Å²) < 4.78 is 11.2. The summed E-state index contributed by atoms with van der Waals surface area (Å²) in [5.74, 6) is 0.440. The Morgan fingerprint density at radius 1 is 1.25 bits per heavy atom. The van der Waals surface area contributed by atoms with E-state index in [0.717, 1.165) is 0 Å². The fourth-order valence-electron chi connectivity index (χ4n) is 2.71. The molecule has 2 heterocycles. The summed E-state index contributed by atoms with van der Waals surface area (Å²) in [5, 5.41) is 13.9. The lowest BCUT2D eigenvalue weighted by molar-refractivity contribution is -0.116. The van der Waals surface area contributed by atoms with Gasteiger partial charge < -0.3 is 19.8 Å². The number of amides is 2. The van der Waals surface area contributed by atoms with Gasteiger partial charge in [-0.3, -0.25) is 4.79 Å². The Morgan fingerprint density at radius 3 is 2.82 bits per heavy atom. The van der Waals surface area contributed by atoms with Crippen LogP contribution in [0, 0.1) is 0 Å². The molecule has 2 bridgehead atoms. The quantitative estimate of drug-likeness (QED) is 0.720. The van der Waals surface area contributed by atoms with Crippen molar-refractivity contribution in [2.45, 2.75) is 51.7 Å². The fraction of sp³-hybridized carbons (Fsp3) is 0.400. The number of rotatable bonds is 1. The fourth-order valence-corrected chi connectivity index (χ4v) is 2.71. The summed E-state index contributed by atoms with van der Waals surface area (Å²) >= 11 is 0. The van der Waals surface area contributed by atoms with Crippen LogP contribution in [0.3, 0.4) is 0 Å². The molecule has 8 heteroatoms. The second kappa shape index (κ2) is 8.24. The van der Waals surface area contributed by atoms with Crippen LogP contribution in [-0.2, 0) is 9.53 Å². The number of para-hydroxylation sites is 1. The molecule has 0 aliphatic carbocycles. The van der Waals surface area contributed by atoms with Crippen LogP contribution >= 0.6 is 0 Å². The molecular weight excluding hydrogens is 360 g/mol. The number of nitrogens with one attached hydrogen (secondary N) is 2. The van der Waals surface area contributed by atoms with Gasteiger partial charge >= 0.3 is 6.09 Å². The van der Waals surface area contributed by atoms with Crippen molar-refractivity contribution in [2.75, 3.05) is 5.32 Å². The van der Waals surface area contributed by atoms with E-state index in [1.807, 2.05) is 24.3 Å². The summed E-state index contributed by atoms with van der Waals surface area (Å²) in [6.45, 7) is 5.38. The monoisotopic (exact) mass is 384 g/mol. The standard InChI is InChI=1S/C20H24N4O4/c1-20(2,3)28-19(26)22-15-11-5-4-6-12-16(25)21-14-10-8-7-9-13(14)17-23-24-18(15)27-17/h4-5,7-10,15H,6,11-12H2,1-3H3,(H,21,25)(H,22,26)/t15-/m0/s1. The normalized spacial score (nSPS) is 17.4. The highest BCUT2D eigenvalue weighted by molar-refractivity contribution is 5.94. The molecule has 0 saturated heterocycles. The predicted molar refractivity (Wildman–Crippen MR) is 103 cm³/mol. The smallest absolute Gasteiger partial charge is 0.408 e. The third kappa shape index (κ3) is 5.18. The van der Waals surface area contributed by atoms with E-state index in [1.54, 1.807) is 32.9 Å². The van der Waals surface area contributed by atoms with Crippen LogP contribution < -0.4 is 10.6 Å². The van der Waals surface area contributed by atoms with Crippen molar-refractivity contribution < 1.29 is 18.7 Å². The molecule has 1 atom stereocenters. The number of fused-ring (bicyclic) bond motifs is 4. The highest BCUT2D eigenvalue weighted by Crippen LogP contribution is 2.29. The van der Waals surface area contributed by atoms with Gasteiger partial charge in [-0.05, 0) is 45.7 Å². The van der Waals surface area contributed by atoms with Crippen molar-refractivity contribution in [3.63, 3.8) is 0 Å². The molecule has 1 aliphatic heterocycles. The highest BCUT2D eigenvalue weighted by Gasteiger charge is 2.25. The average molecular weight is 384 g/mol. The number of carbonyl (C=O) groups excluding carboxylic acids is 2. The van der Waals surface area contributed by atoms with Gasteiger partial charge in [0.2, 0.25) is 17.7 Å². The van der Waals surface area contributed by atoms with E-state index in [2.05, 4.69) is 20.8 Å². The van der Waals surface area contributed by atoms with Crippen LogP contribution in [0.25, 0.3) is 11.5 Å². The van der Waals surface area contributed by atoms with E-state index >= 15 is 0 Å². The molecule has 3 rings (SSSR count). The Hall–Kier alpha value is -3.16. The number of hydrogen-bond acceptors (Lipinski definition) is 6. The molecule has 2 aromatic rings. The number of anilines is 1. The summed E-state index contributed by atoms with van der Waals surface area (Å²) in [5.41, 5.74) is 0.606. The van der Waals surface area contributed by atoms with Crippen molar-refractivity contribution in [3.8, 4) is 11.5 Å². The van der Waals surface area contributed by atoms with Gasteiger partial charge in [0, 0.05) is 6.42 Å². The van der Waals surface area contributed by atoms with Gasteiger partial charge in [0.05, 0.1) is 11.3 Å². The average Bonchev–Trinajstić information content (AvgIpc) is 3.08. The van der Waals surface area contributed by atoms with Crippen LogP contribution in [-0.4, -0.2) is 27.8 Å². The number of hydrogen-bond donors (Lipinski definition) is 2.